The van der Waals surface area contributed by atoms with E-state index in [2.05, 4.69) is 10.4 Å². The summed E-state index contributed by atoms with van der Waals surface area (Å²) in [6, 6.07) is 13.2. The Kier molecular flexibility index (Phi) is 4.47. The van der Waals surface area contributed by atoms with Crippen molar-refractivity contribution >= 4 is 23.2 Å². The summed E-state index contributed by atoms with van der Waals surface area (Å²) in [5.74, 6) is -0.580. The lowest BCUT2D eigenvalue weighted by atomic mass is 9.95. The van der Waals surface area contributed by atoms with E-state index < -0.39 is 0 Å². The third-order valence-electron chi connectivity index (χ3n) is 4.59. The van der Waals surface area contributed by atoms with Crippen molar-refractivity contribution in [1.29, 1.82) is 0 Å². The minimum Gasteiger partial charge on any atom is -0.319 e. The van der Waals surface area contributed by atoms with Crippen molar-refractivity contribution in [3.8, 4) is 5.69 Å². The summed E-state index contributed by atoms with van der Waals surface area (Å²) in [5.41, 5.74) is 3.70. The molecule has 1 amide bonds. The number of halogens is 2. The van der Waals surface area contributed by atoms with Gasteiger partial charge in [-0.3, -0.25) is 4.79 Å². The molecule has 132 valence electrons. The number of aromatic nitrogens is 2. The molecule has 1 N–H and O–H groups in total. The highest BCUT2D eigenvalue weighted by molar-refractivity contribution is 6.33. The number of rotatable bonds is 3. The van der Waals surface area contributed by atoms with Gasteiger partial charge >= 0.3 is 0 Å². The number of anilines is 1. The Morgan fingerprint density at radius 2 is 1.81 bits per heavy atom. The minimum atomic E-state index is -0.300. The number of carbonyl (C=O) groups excluding carboxylic acids is 1. The molecule has 1 aliphatic rings. The van der Waals surface area contributed by atoms with Crippen LogP contribution < -0.4 is 5.32 Å². The Balaban J connectivity index is 1.73. The van der Waals surface area contributed by atoms with Gasteiger partial charge in [-0.2, -0.15) is 5.10 Å². The van der Waals surface area contributed by atoms with Gasteiger partial charge in [0.15, 0.2) is 5.69 Å². The highest BCUT2D eigenvalue weighted by Gasteiger charge is 2.26. The van der Waals surface area contributed by atoms with Crippen LogP contribution in [0.2, 0.25) is 5.02 Å². The standard InChI is InChI=1S/C20H17ClFN3O/c21-16-6-2-3-7-17(16)23-20(26)19-15-5-1-4-8-18(15)25(24-19)14-11-9-13(22)10-12-14/h2-3,6-7,9-12H,1,4-5,8H2,(H,23,26). The average Bonchev–Trinajstić information content (AvgIpc) is 3.04. The third-order valence-corrected chi connectivity index (χ3v) is 4.92. The van der Waals surface area contributed by atoms with Gasteiger partial charge in [0.05, 0.1) is 16.4 Å². The summed E-state index contributed by atoms with van der Waals surface area (Å²) in [7, 11) is 0. The molecule has 2 aromatic carbocycles. The molecular weight excluding hydrogens is 353 g/mol. The Hall–Kier alpha value is -2.66. The van der Waals surface area contributed by atoms with Crippen molar-refractivity contribution in [2.45, 2.75) is 25.7 Å². The molecule has 1 aromatic heterocycles. The first kappa shape index (κ1) is 16.8. The number of amides is 1. The summed E-state index contributed by atoms with van der Waals surface area (Å²) in [4.78, 5) is 12.8. The summed E-state index contributed by atoms with van der Waals surface area (Å²) in [6.07, 6.45) is 3.72. The molecule has 6 heteroatoms. The maximum absolute atomic E-state index is 13.2. The lowest BCUT2D eigenvalue weighted by molar-refractivity contribution is 0.102. The number of hydrogen-bond acceptors (Lipinski definition) is 2. The molecule has 0 radical (unpaired) electrons. The van der Waals surface area contributed by atoms with E-state index in [1.165, 1.54) is 12.1 Å². The molecule has 0 bridgehead atoms. The molecule has 26 heavy (non-hydrogen) atoms. The maximum Gasteiger partial charge on any atom is 0.276 e. The zero-order valence-corrected chi connectivity index (χ0v) is 14.8. The van der Waals surface area contributed by atoms with Gasteiger partial charge < -0.3 is 5.32 Å². The van der Waals surface area contributed by atoms with Crippen molar-refractivity contribution in [2.75, 3.05) is 5.32 Å². The molecule has 3 aromatic rings. The van der Waals surface area contributed by atoms with E-state index in [0.29, 0.717) is 16.4 Å². The highest BCUT2D eigenvalue weighted by atomic mass is 35.5. The number of nitrogens with one attached hydrogen (secondary N) is 1. The fourth-order valence-corrected chi connectivity index (χ4v) is 3.50. The summed E-state index contributed by atoms with van der Waals surface area (Å²) in [6.45, 7) is 0. The van der Waals surface area contributed by atoms with Crippen LogP contribution in [0.1, 0.15) is 34.6 Å². The van der Waals surface area contributed by atoms with Crippen LogP contribution in [-0.4, -0.2) is 15.7 Å². The molecule has 0 fully saturated rings. The zero-order valence-electron chi connectivity index (χ0n) is 14.0. The third kappa shape index (κ3) is 3.10. The lowest BCUT2D eigenvalue weighted by Gasteiger charge is -2.14. The van der Waals surface area contributed by atoms with Crippen molar-refractivity contribution in [2.24, 2.45) is 0 Å². The van der Waals surface area contributed by atoms with Crippen LogP contribution in [0, 0.1) is 5.82 Å². The molecule has 4 nitrogen and oxygen atoms in total. The smallest absolute Gasteiger partial charge is 0.276 e. The van der Waals surface area contributed by atoms with Gasteiger partial charge in [0.25, 0.3) is 5.91 Å². The zero-order chi connectivity index (χ0) is 18.1. The van der Waals surface area contributed by atoms with Crippen molar-refractivity contribution < 1.29 is 9.18 Å². The van der Waals surface area contributed by atoms with Crippen LogP contribution in [0.15, 0.2) is 48.5 Å². The molecule has 0 aliphatic heterocycles. The number of benzene rings is 2. The highest BCUT2D eigenvalue weighted by Crippen LogP contribution is 2.28. The number of fused-ring (bicyclic) bond motifs is 1. The number of nitrogens with zero attached hydrogens (tertiary/aromatic N) is 2. The molecule has 1 heterocycles. The summed E-state index contributed by atoms with van der Waals surface area (Å²) < 4.78 is 15.0. The molecule has 1 aliphatic carbocycles. The molecule has 0 saturated heterocycles. The van der Waals surface area contributed by atoms with Gasteiger partial charge in [-0.15, -0.1) is 0 Å². The maximum atomic E-state index is 13.2. The fraction of sp³-hybridized carbons (Fsp3) is 0.200. The van der Waals surface area contributed by atoms with Gasteiger partial charge in [0.2, 0.25) is 0 Å². The van der Waals surface area contributed by atoms with Crippen LogP contribution >= 0.6 is 11.6 Å². The first-order valence-electron chi connectivity index (χ1n) is 8.56. The van der Waals surface area contributed by atoms with Gasteiger partial charge in [-0.1, -0.05) is 23.7 Å². The van der Waals surface area contributed by atoms with E-state index in [-0.39, 0.29) is 11.7 Å². The van der Waals surface area contributed by atoms with Crippen LogP contribution in [0.3, 0.4) is 0 Å². The van der Waals surface area contributed by atoms with Gasteiger partial charge in [0, 0.05) is 11.3 Å². The first-order valence-corrected chi connectivity index (χ1v) is 8.94. The Bertz CT molecular complexity index is 966. The van der Waals surface area contributed by atoms with Crippen molar-refractivity contribution in [3.05, 3.63) is 76.3 Å². The van der Waals surface area contributed by atoms with Crippen LogP contribution in [0.25, 0.3) is 5.69 Å². The van der Waals surface area contributed by atoms with E-state index in [0.717, 1.165) is 42.6 Å². The quantitative estimate of drug-likeness (QED) is 0.721. The van der Waals surface area contributed by atoms with Crippen molar-refractivity contribution in [1.82, 2.24) is 9.78 Å². The second-order valence-corrected chi connectivity index (χ2v) is 6.71. The molecule has 4 rings (SSSR count). The van der Waals surface area contributed by atoms with E-state index in [1.807, 2.05) is 12.1 Å². The first-order chi connectivity index (χ1) is 12.6. The average molecular weight is 370 g/mol. The molecule has 0 unspecified atom stereocenters. The molecule has 0 saturated carbocycles. The minimum absolute atomic E-state index is 0.280. The Morgan fingerprint density at radius 3 is 2.58 bits per heavy atom. The van der Waals surface area contributed by atoms with Gasteiger partial charge in [-0.05, 0) is 62.1 Å². The lowest BCUT2D eigenvalue weighted by Crippen LogP contribution is -2.15. The Morgan fingerprint density at radius 1 is 1.08 bits per heavy atom. The summed E-state index contributed by atoms with van der Waals surface area (Å²) >= 11 is 6.14. The second-order valence-electron chi connectivity index (χ2n) is 6.30. The predicted molar refractivity (Wildman–Crippen MR) is 99.6 cm³/mol. The molecular formula is C20H17ClFN3O. The van der Waals surface area contributed by atoms with Crippen molar-refractivity contribution in [3.63, 3.8) is 0 Å². The largest absolute Gasteiger partial charge is 0.319 e. The number of para-hydroxylation sites is 1. The second kappa shape index (κ2) is 6.92. The topological polar surface area (TPSA) is 46.9 Å². The fourth-order valence-electron chi connectivity index (χ4n) is 3.32. The van der Waals surface area contributed by atoms with Crippen LogP contribution in [0.5, 0.6) is 0 Å². The predicted octanol–water partition coefficient (Wildman–Crippen LogP) is 4.80. The van der Waals surface area contributed by atoms with Crippen LogP contribution in [-0.2, 0) is 12.8 Å². The number of hydrogen-bond donors (Lipinski definition) is 1. The summed E-state index contributed by atoms with van der Waals surface area (Å²) in [5, 5.41) is 7.88. The van der Waals surface area contributed by atoms with Gasteiger partial charge in [-0.25, -0.2) is 9.07 Å². The van der Waals surface area contributed by atoms with E-state index in [4.69, 9.17) is 11.6 Å². The Labute approximate surface area is 155 Å². The van der Waals surface area contributed by atoms with Crippen LogP contribution in [0.4, 0.5) is 10.1 Å². The monoisotopic (exact) mass is 369 g/mol. The normalized spacial score (nSPS) is 13.3. The SMILES string of the molecule is O=C(Nc1ccccc1Cl)c1nn(-c2ccc(F)cc2)c2c1CCCC2. The van der Waals surface area contributed by atoms with E-state index in [1.54, 1.807) is 28.9 Å². The molecule has 0 atom stereocenters. The van der Waals surface area contributed by atoms with E-state index >= 15 is 0 Å². The molecule has 0 spiro atoms. The van der Waals surface area contributed by atoms with Gasteiger partial charge in [0.1, 0.15) is 5.82 Å². The van der Waals surface area contributed by atoms with E-state index in [9.17, 15) is 9.18 Å². The number of carbonyl (C=O) groups is 1.